The van der Waals surface area contributed by atoms with Gasteiger partial charge in [0.15, 0.2) is 0 Å². The molecule has 1 heterocycles. The Kier molecular flexibility index (Phi) is 6.63. The maximum Gasteiger partial charge on any atom is 0.227 e. The molecule has 1 aliphatic heterocycles. The van der Waals surface area contributed by atoms with E-state index in [1.165, 1.54) is 0 Å². The van der Waals surface area contributed by atoms with Crippen LogP contribution in [0.2, 0.25) is 0 Å². The van der Waals surface area contributed by atoms with Crippen LogP contribution in [0.3, 0.4) is 0 Å². The second-order valence-electron chi connectivity index (χ2n) is 6.66. The molecule has 5 nitrogen and oxygen atoms in total. The Hall–Kier alpha value is -1.59. The SMILES string of the molecule is Cl.NC1CCCC(C(=O)NCc2cccc(N3CCCC3=O)c2)C1. The molecule has 0 spiro atoms. The minimum absolute atomic E-state index is 0. The predicted molar refractivity (Wildman–Crippen MR) is 97.1 cm³/mol. The van der Waals surface area contributed by atoms with Gasteiger partial charge in [0.05, 0.1) is 0 Å². The molecule has 132 valence electrons. The van der Waals surface area contributed by atoms with Crippen LogP contribution in [-0.2, 0) is 16.1 Å². The lowest BCUT2D eigenvalue weighted by Gasteiger charge is -2.25. The van der Waals surface area contributed by atoms with Crippen molar-refractivity contribution in [1.82, 2.24) is 5.32 Å². The fourth-order valence-corrected chi connectivity index (χ4v) is 3.55. The first-order valence-corrected chi connectivity index (χ1v) is 8.56. The number of rotatable bonds is 4. The summed E-state index contributed by atoms with van der Waals surface area (Å²) < 4.78 is 0. The molecule has 1 aromatic rings. The molecular formula is C18H26ClN3O2. The predicted octanol–water partition coefficient (Wildman–Crippen LogP) is 2.37. The summed E-state index contributed by atoms with van der Waals surface area (Å²) in [5, 5.41) is 3.02. The van der Waals surface area contributed by atoms with Crippen LogP contribution in [0.25, 0.3) is 0 Å². The zero-order chi connectivity index (χ0) is 16.2. The van der Waals surface area contributed by atoms with Gasteiger partial charge in [-0.2, -0.15) is 0 Å². The van der Waals surface area contributed by atoms with E-state index in [2.05, 4.69) is 5.32 Å². The van der Waals surface area contributed by atoms with Crippen LogP contribution >= 0.6 is 12.4 Å². The molecule has 2 fully saturated rings. The van der Waals surface area contributed by atoms with Gasteiger partial charge in [0.1, 0.15) is 0 Å². The van der Waals surface area contributed by atoms with Gasteiger partial charge in [0.2, 0.25) is 11.8 Å². The molecule has 0 bridgehead atoms. The first kappa shape index (κ1) is 18.7. The van der Waals surface area contributed by atoms with E-state index in [0.29, 0.717) is 13.0 Å². The Morgan fingerprint density at radius 2 is 2.12 bits per heavy atom. The molecule has 0 radical (unpaired) electrons. The molecule has 2 aliphatic rings. The van der Waals surface area contributed by atoms with E-state index in [1.807, 2.05) is 29.2 Å². The lowest BCUT2D eigenvalue weighted by molar-refractivity contribution is -0.126. The number of nitrogens with one attached hydrogen (secondary N) is 1. The van der Waals surface area contributed by atoms with Crippen LogP contribution < -0.4 is 16.0 Å². The highest BCUT2D eigenvalue weighted by molar-refractivity contribution is 5.95. The topological polar surface area (TPSA) is 75.4 Å². The highest BCUT2D eigenvalue weighted by atomic mass is 35.5. The molecule has 24 heavy (non-hydrogen) atoms. The van der Waals surface area contributed by atoms with E-state index in [0.717, 1.165) is 49.9 Å². The Morgan fingerprint density at radius 3 is 2.83 bits per heavy atom. The van der Waals surface area contributed by atoms with Gasteiger partial charge in [-0.05, 0) is 43.4 Å². The van der Waals surface area contributed by atoms with Gasteiger partial charge in [-0.15, -0.1) is 12.4 Å². The Labute approximate surface area is 149 Å². The number of nitrogens with zero attached hydrogens (tertiary/aromatic N) is 1. The zero-order valence-corrected chi connectivity index (χ0v) is 14.7. The summed E-state index contributed by atoms with van der Waals surface area (Å²) in [6.07, 6.45) is 5.32. The highest BCUT2D eigenvalue weighted by Crippen LogP contribution is 2.24. The summed E-state index contributed by atoms with van der Waals surface area (Å²) in [6, 6.07) is 8.03. The van der Waals surface area contributed by atoms with Crippen LogP contribution in [-0.4, -0.2) is 24.4 Å². The molecule has 1 aliphatic carbocycles. The third-order valence-electron chi connectivity index (χ3n) is 4.85. The van der Waals surface area contributed by atoms with Crippen molar-refractivity contribution >= 4 is 29.9 Å². The fourth-order valence-electron chi connectivity index (χ4n) is 3.55. The normalized spacial score (nSPS) is 23.7. The number of hydrogen-bond donors (Lipinski definition) is 2. The van der Waals surface area contributed by atoms with Gasteiger partial charge >= 0.3 is 0 Å². The minimum Gasteiger partial charge on any atom is -0.352 e. The van der Waals surface area contributed by atoms with Crippen molar-refractivity contribution in [2.45, 2.75) is 51.1 Å². The summed E-state index contributed by atoms with van der Waals surface area (Å²) >= 11 is 0. The minimum atomic E-state index is 0. The van der Waals surface area contributed by atoms with Crippen molar-refractivity contribution in [1.29, 1.82) is 0 Å². The number of hydrogen-bond acceptors (Lipinski definition) is 3. The maximum atomic E-state index is 12.3. The van der Waals surface area contributed by atoms with Crippen molar-refractivity contribution in [3.63, 3.8) is 0 Å². The molecule has 1 aromatic carbocycles. The smallest absolute Gasteiger partial charge is 0.227 e. The average molecular weight is 352 g/mol. The quantitative estimate of drug-likeness (QED) is 0.874. The van der Waals surface area contributed by atoms with Crippen molar-refractivity contribution in [3.8, 4) is 0 Å². The molecule has 0 aromatic heterocycles. The van der Waals surface area contributed by atoms with E-state index < -0.39 is 0 Å². The number of carbonyl (C=O) groups excluding carboxylic acids is 2. The van der Waals surface area contributed by atoms with Crippen molar-refractivity contribution in [2.75, 3.05) is 11.4 Å². The van der Waals surface area contributed by atoms with Crippen LogP contribution in [0, 0.1) is 5.92 Å². The van der Waals surface area contributed by atoms with E-state index in [4.69, 9.17) is 5.73 Å². The molecule has 2 unspecified atom stereocenters. The first-order valence-electron chi connectivity index (χ1n) is 8.56. The highest BCUT2D eigenvalue weighted by Gasteiger charge is 2.25. The Morgan fingerprint density at radius 1 is 1.29 bits per heavy atom. The number of carbonyl (C=O) groups is 2. The van der Waals surface area contributed by atoms with Crippen LogP contribution in [0.15, 0.2) is 24.3 Å². The summed E-state index contributed by atoms with van der Waals surface area (Å²) in [4.78, 5) is 25.9. The number of amides is 2. The van der Waals surface area contributed by atoms with Crippen LogP contribution in [0.4, 0.5) is 5.69 Å². The fraction of sp³-hybridized carbons (Fsp3) is 0.556. The third-order valence-corrected chi connectivity index (χ3v) is 4.85. The summed E-state index contributed by atoms with van der Waals surface area (Å²) in [6.45, 7) is 1.29. The monoisotopic (exact) mass is 351 g/mol. The van der Waals surface area contributed by atoms with E-state index in [9.17, 15) is 9.59 Å². The van der Waals surface area contributed by atoms with Crippen molar-refractivity contribution in [3.05, 3.63) is 29.8 Å². The Balaban J connectivity index is 0.00000208. The number of benzene rings is 1. The van der Waals surface area contributed by atoms with Gasteiger partial charge in [0.25, 0.3) is 0 Å². The zero-order valence-electron chi connectivity index (χ0n) is 13.9. The van der Waals surface area contributed by atoms with Crippen LogP contribution in [0.1, 0.15) is 44.1 Å². The van der Waals surface area contributed by atoms with Gasteiger partial charge in [-0.1, -0.05) is 18.6 Å². The number of halogens is 1. The molecule has 1 saturated carbocycles. The van der Waals surface area contributed by atoms with E-state index in [-0.39, 0.29) is 36.2 Å². The maximum absolute atomic E-state index is 12.3. The lowest BCUT2D eigenvalue weighted by Crippen LogP contribution is -2.37. The Bertz CT molecular complexity index is 593. The molecule has 2 amide bonds. The molecule has 3 N–H and O–H groups in total. The largest absolute Gasteiger partial charge is 0.352 e. The third kappa shape index (κ3) is 4.48. The molecule has 2 atom stereocenters. The van der Waals surface area contributed by atoms with Crippen molar-refractivity contribution < 1.29 is 9.59 Å². The van der Waals surface area contributed by atoms with E-state index in [1.54, 1.807) is 0 Å². The van der Waals surface area contributed by atoms with Crippen LogP contribution in [0.5, 0.6) is 0 Å². The molecule has 6 heteroatoms. The number of nitrogens with two attached hydrogens (primary N) is 1. The second kappa shape index (κ2) is 8.49. The molecular weight excluding hydrogens is 326 g/mol. The first-order chi connectivity index (χ1) is 11.1. The number of anilines is 1. The van der Waals surface area contributed by atoms with Crippen molar-refractivity contribution in [2.24, 2.45) is 11.7 Å². The second-order valence-corrected chi connectivity index (χ2v) is 6.66. The van der Waals surface area contributed by atoms with Gasteiger partial charge in [0, 0.05) is 37.2 Å². The van der Waals surface area contributed by atoms with Gasteiger partial charge < -0.3 is 16.0 Å². The summed E-state index contributed by atoms with van der Waals surface area (Å²) in [7, 11) is 0. The van der Waals surface area contributed by atoms with E-state index >= 15 is 0 Å². The van der Waals surface area contributed by atoms with Gasteiger partial charge in [-0.25, -0.2) is 0 Å². The van der Waals surface area contributed by atoms with Gasteiger partial charge in [-0.3, -0.25) is 9.59 Å². The lowest BCUT2D eigenvalue weighted by atomic mass is 9.85. The summed E-state index contributed by atoms with van der Waals surface area (Å²) in [5.41, 5.74) is 7.91. The summed E-state index contributed by atoms with van der Waals surface area (Å²) in [5.74, 6) is 0.326. The molecule has 1 saturated heterocycles. The standard InChI is InChI=1S/C18H25N3O2.ClH/c19-15-6-2-5-14(11-15)18(23)20-12-13-4-1-7-16(10-13)21-9-3-8-17(21)22;/h1,4,7,10,14-15H,2-3,5-6,8-9,11-12,19H2,(H,20,23);1H. The molecule has 3 rings (SSSR count). The average Bonchev–Trinajstić information content (AvgIpc) is 2.99.